The Morgan fingerprint density at radius 1 is 1.40 bits per heavy atom. The summed E-state index contributed by atoms with van der Waals surface area (Å²) in [5.74, 6) is 0. The summed E-state index contributed by atoms with van der Waals surface area (Å²) in [7, 11) is 6.14. The summed E-state index contributed by atoms with van der Waals surface area (Å²) in [6.45, 7) is 2.10. The normalized spacial score (nSPS) is 19.8. The fourth-order valence-electron chi connectivity index (χ4n) is 3.48. The van der Waals surface area contributed by atoms with E-state index in [9.17, 15) is 5.11 Å². The monoisotopic (exact) mass is 343 g/mol. The van der Waals surface area contributed by atoms with Crippen molar-refractivity contribution in [3.63, 3.8) is 0 Å². The zero-order valence-corrected chi connectivity index (χ0v) is 14.6. The van der Waals surface area contributed by atoms with Crippen molar-refractivity contribution in [1.29, 1.82) is 0 Å². The Balaban J connectivity index is 2.23. The Kier molecular flexibility index (Phi) is 4.92. The summed E-state index contributed by atoms with van der Waals surface area (Å²) in [6, 6.07) is 0. The fourth-order valence-corrected chi connectivity index (χ4v) is 4.26. The minimum atomic E-state index is -0.351. The highest BCUT2D eigenvalue weighted by atomic mass is 79.9. The average Bonchev–Trinajstić information content (AvgIpc) is 2.99. The largest absolute Gasteiger partial charge is 0.391 e. The van der Waals surface area contributed by atoms with Gasteiger partial charge in [0.1, 0.15) is 0 Å². The van der Waals surface area contributed by atoms with Gasteiger partial charge in [0.2, 0.25) is 0 Å². The molecule has 1 N–H and O–H groups in total. The highest BCUT2D eigenvalue weighted by Gasteiger charge is 2.42. The van der Waals surface area contributed by atoms with E-state index in [0.29, 0.717) is 6.42 Å². The molecule has 1 aromatic rings. The van der Waals surface area contributed by atoms with Gasteiger partial charge in [-0.1, -0.05) is 19.8 Å². The third kappa shape index (κ3) is 2.68. The van der Waals surface area contributed by atoms with Crippen LogP contribution in [-0.4, -0.2) is 45.5 Å². The van der Waals surface area contributed by atoms with Gasteiger partial charge in [0, 0.05) is 19.0 Å². The number of halogens is 1. The molecule has 0 saturated heterocycles. The summed E-state index contributed by atoms with van der Waals surface area (Å²) in [4.78, 5) is 2.22. The van der Waals surface area contributed by atoms with Crippen molar-refractivity contribution in [3.05, 3.63) is 15.9 Å². The molecule has 1 saturated carbocycles. The van der Waals surface area contributed by atoms with Gasteiger partial charge < -0.3 is 10.0 Å². The molecule has 2 rings (SSSR count). The second kappa shape index (κ2) is 6.16. The average molecular weight is 344 g/mol. The van der Waals surface area contributed by atoms with Gasteiger partial charge in [0.25, 0.3) is 0 Å². The Morgan fingerprint density at radius 2 is 2.00 bits per heavy atom. The SMILES string of the molecule is CCc1nn(C)c(CC(O)C2(N(C)C)CCCC2)c1Br. The summed E-state index contributed by atoms with van der Waals surface area (Å²) >= 11 is 3.65. The molecule has 0 spiro atoms. The highest BCUT2D eigenvalue weighted by Crippen LogP contribution is 2.38. The predicted molar refractivity (Wildman–Crippen MR) is 84.9 cm³/mol. The first-order valence-corrected chi connectivity index (χ1v) is 8.27. The molecular formula is C15H26BrN3O. The number of hydrogen-bond donors (Lipinski definition) is 1. The van der Waals surface area contributed by atoms with Crippen LogP contribution in [0.4, 0.5) is 0 Å². The van der Waals surface area contributed by atoms with E-state index < -0.39 is 0 Å². The molecule has 1 aliphatic rings. The lowest BCUT2D eigenvalue weighted by Crippen LogP contribution is -2.52. The number of rotatable bonds is 5. The van der Waals surface area contributed by atoms with E-state index in [-0.39, 0.29) is 11.6 Å². The van der Waals surface area contributed by atoms with E-state index in [1.165, 1.54) is 12.8 Å². The Labute approximate surface area is 130 Å². The molecule has 1 atom stereocenters. The van der Waals surface area contributed by atoms with E-state index in [1.807, 2.05) is 11.7 Å². The van der Waals surface area contributed by atoms with Crippen molar-refractivity contribution >= 4 is 15.9 Å². The van der Waals surface area contributed by atoms with Crippen molar-refractivity contribution in [2.24, 2.45) is 7.05 Å². The van der Waals surface area contributed by atoms with Crippen molar-refractivity contribution in [1.82, 2.24) is 14.7 Å². The molecule has 4 nitrogen and oxygen atoms in total. The highest BCUT2D eigenvalue weighted by molar-refractivity contribution is 9.10. The second-order valence-electron chi connectivity index (χ2n) is 6.11. The molecule has 0 aromatic carbocycles. The van der Waals surface area contributed by atoms with E-state index >= 15 is 0 Å². The number of nitrogens with zero attached hydrogens (tertiary/aromatic N) is 3. The number of likely N-dealkylation sites (N-methyl/N-ethyl adjacent to an activating group) is 1. The van der Waals surface area contributed by atoms with Gasteiger partial charge in [-0.3, -0.25) is 4.68 Å². The van der Waals surface area contributed by atoms with Crippen LogP contribution in [-0.2, 0) is 19.9 Å². The molecule has 0 bridgehead atoms. The third-order valence-electron chi connectivity index (χ3n) is 4.87. The minimum absolute atomic E-state index is 0.0733. The van der Waals surface area contributed by atoms with Gasteiger partial charge in [-0.15, -0.1) is 0 Å². The first-order chi connectivity index (χ1) is 9.42. The molecule has 0 amide bonds. The molecule has 1 aliphatic carbocycles. The molecular weight excluding hydrogens is 318 g/mol. The number of aliphatic hydroxyl groups excluding tert-OH is 1. The summed E-state index contributed by atoms with van der Waals surface area (Å²) in [6.07, 6.45) is 5.79. The van der Waals surface area contributed by atoms with Crippen LogP contribution in [0, 0.1) is 0 Å². The van der Waals surface area contributed by atoms with Crippen LogP contribution in [0.15, 0.2) is 4.47 Å². The summed E-state index contributed by atoms with van der Waals surface area (Å²) in [5, 5.41) is 15.4. The molecule has 0 aliphatic heterocycles. The van der Waals surface area contributed by atoms with Gasteiger partial charge in [-0.05, 0) is 49.3 Å². The van der Waals surface area contributed by atoms with E-state index in [4.69, 9.17) is 0 Å². The lowest BCUT2D eigenvalue weighted by molar-refractivity contribution is -0.00357. The van der Waals surface area contributed by atoms with E-state index in [1.54, 1.807) is 0 Å². The molecule has 1 aromatic heterocycles. The van der Waals surface area contributed by atoms with Crippen molar-refractivity contribution in [3.8, 4) is 0 Å². The number of aryl methyl sites for hydroxylation is 2. The van der Waals surface area contributed by atoms with Crippen LogP contribution >= 0.6 is 15.9 Å². The number of aliphatic hydroxyl groups is 1. The first-order valence-electron chi connectivity index (χ1n) is 7.48. The van der Waals surface area contributed by atoms with Gasteiger partial charge >= 0.3 is 0 Å². The fraction of sp³-hybridized carbons (Fsp3) is 0.800. The standard InChI is InChI=1S/C15H26BrN3O/c1-5-11-14(16)12(19(4)17-11)10-13(20)15(18(2)3)8-6-7-9-15/h13,20H,5-10H2,1-4H3. The maximum atomic E-state index is 10.9. The zero-order valence-electron chi connectivity index (χ0n) is 13.0. The van der Waals surface area contributed by atoms with Crippen molar-refractivity contribution < 1.29 is 5.11 Å². The predicted octanol–water partition coefficient (Wildman–Crippen LogP) is 2.52. The lowest BCUT2D eigenvalue weighted by atomic mass is 9.86. The van der Waals surface area contributed by atoms with Crippen LogP contribution in [0.2, 0.25) is 0 Å². The van der Waals surface area contributed by atoms with E-state index in [2.05, 4.69) is 46.9 Å². The summed E-state index contributed by atoms with van der Waals surface area (Å²) < 4.78 is 2.97. The van der Waals surface area contributed by atoms with Crippen LogP contribution in [0.3, 0.4) is 0 Å². The lowest BCUT2D eigenvalue weighted by Gasteiger charge is -2.40. The van der Waals surface area contributed by atoms with Crippen molar-refractivity contribution in [2.75, 3.05) is 14.1 Å². The Morgan fingerprint density at radius 3 is 2.45 bits per heavy atom. The molecule has 114 valence electrons. The van der Waals surface area contributed by atoms with Gasteiger partial charge in [-0.2, -0.15) is 5.10 Å². The molecule has 0 radical (unpaired) electrons. The van der Waals surface area contributed by atoms with Gasteiger partial charge in [-0.25, -0.2) is 0 Å². The third-order valence-corrected chi connectivity index (χ3v) is 5.79. The number of hydrogen-bond acceptors (Lipinski definition) is 3. The molecule has 1 heterocycles. The van der Waals surface area contributed by atoms with Gasteiger partial charge in [0.05, 0.1) is 22.0 Å². The maximum absolute atomic E-state index is 10.9. The molecule has 20 heavy (non-hydrogen) atoms. The molecule has 5 heteroatoms. The summed E-state index contributed by atoms with van der Waals surface area (Å²) in [5.41, 5.74) is 2.10. The Hall–Kier alpha value is -0.390. The maximum Gasteiger partial charge on any atom is 0.0779 e. The van der Waals surface area contributed by atoms with Crippen LogP contribution in [0.25, 0.3) is 0 Å². The zero-order chi connectivity index (χ0) is 14.9. The number of aromatic nitrogens is 2. The van der Waals surface area contributed by atoms with E-state index in [0.717, 1.165) is 35.1 Å². The minimum Gasteiger partial charge on any atom is -0.391 e. The van der Waals surface area contributed by atoms with Crippen LogP contribution in [0.5, 0.6) is 0 Å². The van der Waals surface area contributed by atoms with Crippen molar-refractivity contribution in [2.45, 2.75) is 57.1 Å². The van der Waals surface area contributed by atoms with Crippen LogP contribution in [0.1, 0.15) is 44.0 Å². The molecule has 1 fully saturated rings. The Bertz CT molecular complexity index is 464. The quantitative estimate of drug-likeness (QED) is 0.893. The molecule has 1 unspecified atom stereocenters. The van der Waals surface area contributed by atoms with Gasteiger partial charge in [0.15, 0.2) is 0 Å². The second-order valence-corrected chi connectivity index (χ2v) is 6.90. The van der Waals surface area contributed by atoms with Crippen LogP contribution < -0.4 is 0 Å². The topological polar surface area (TPSA) is 41.3 Å². The smallest absolute Gasteiger partial charge is 0.0779 e. The first kappa shape index (κ1) is 16.0.